The van der Waals surface area contributed by atoms with Gasteiger partial charge in [0.25, 0.3) is 0 Å². The fraction of sp³-hybridized carbons (Fsp3) is 0.550. The molecule has 26 heavy (non-hydrogen) atoms. The molecular formula is C20H27NO5. The average molecular weight is 361 g/mol. The summed E-state index contributed by atoms with van der Waals surface area (Å²) in [5.74, 6) is -0.203. The van der Waals surface area contributed by atoms with Crippen LogP contribution in [0.15, 0.2) is 30.3 Å². The number of methoxy groups -OCH3 is 1. The van der Waals surface area contributed by atoms with Crippen LogP contribution in [0, 0.1) is 17.3 Å². The zero-order chi connectivity index (χ0) is 19.3. The van der Waals surface area contributed by atoms with Gasteiger partial charge in [-0.1, -0.05) is 44.2 Å². The summed E-state index contributed by atoms with van der Waals surface area (Å²) in [7, 11) is 1.29. The fourth-order valence-corrected chi connectivity index (χ4v) is 3.65. The average Bonchev–Trinajstić information content (AvgIpc) is 2.61. The number of hydrogen-bond donors (Lipinski definition) is 1. The molecule has 1 aliphatic rings. The van der Waals surface area contributed by atoms with Crippen molar-refractivity contribution in [3.8, 4) is 0 Å². The maximum atomic E-state index is 12.1. The van der Waals surface area contributed by atoms with E-state index in [9.17, 15) is 14.4 Å². The van der Waals surface area contributed by atoms with E-state index in [1.165, 1.54) is 7.11 Å². The highest BCUT2D eigenvalue weighted by Gasteiger charge is 2.51. The van der Waals surface area contributed by atoms with Gasteiger partial charge in [0.05, 0.1) is 7.11 Å². The second-order valence-corrected chi connectivity index (χ2v) is 7.43. The molecule has 1 fully saturated rings. The van der Waals surface area contributed by atoms with Crippen molar-refractivity contribution in [1.82, 2.24) is 5.32 Å². The molecule has 0 radical (unpaired) electrons. The lowest BCUT2D eigenvalue weighted by atomic mass is 9.52. The summed E-state index contributed by atoms with van der Waals surface area (Å²) in [4.78, 5) is 35.8. The molecule has 0 bridgehead atoms. The number of benzene rings is 1. The molecule has 0 saturated heterocycles. The summed E-state index contributed by atoms with van der Waals surface area (Å²) in [6.45, 7) is 5.77. The number of alkyl carbamates (subject to hydrolysis) is 1. The monoisotopic (exact) mass is 361 g/mol. The van der Waals surface area contributed by atoms with Crippen LogP contribution in [0.3, 0.4) is 0 Å². The van der Waals surface area contributed by atoms with Gasteiger partial charge in [-0.3, -0.25) is 4.79 Å². The Bertz CT molecular complexity index is 655. The Balaban J connectivity index is 1.92. The van der Waals surface area contributed by atoms with Crippen LogP contribution in [0.25, 0.3) is 0 Å². The van der Waals surface area contributed by atoms with E-state index in [-0.39, 0.29) is 29.6 Å². The molecule has 1 aromatic rings. The first-order valence-corrected chi connectivity index (χ1v) is 8.81. The van der Waals surface area contributed by atoms with E-state index in [0.29, 0.717) is 6.42 Å². The third kappa shape index (κ3) is 4.62. The van der Waals surface area contributed by atoms with E-state index < -0.39 is 18.1 Å². The Morgan fingerprint density at radius 2 is 1.88 bits per heavy atom. The molecule has 1 saturated carbocycles. The van der Waals surface area contributed by atoms with Gasteiger partial charge in [-0.05, 0) is 36.7 Å². The van der Waals surface area contributed by atoms with Crippen LogP contribution in [-0.4, -0.2) is 31.0 Å². The van der Waals surface area contributed by atoms with Crippen molar-refractivity contribution >= 4 is 17.8 Å². The molecule has 6 nitrogen and oxygen atoms in total. The molecule has 6 heteroatoms. The molecule has 0 spiro atoms. The largest absolute Gasteiger partial charge is 0.467 e. The predicted molar refractivity (Wildman–Crippen MR) is 96.2 cm³/mol. The number of ether oxygens (including phenoxy) is 2. The van der Waals surface area contributed by atoms with Gasteiger partial charge in [0.1, 0.15) is 18.4 Å². The summed E-state index contributed by atoms with van der Waals surface area (Å²) in [6.07, 6.45) is 0.477. The Labute approximate surface area is 154 Å². The highest BCUT2D eigenvalue weighted by atomic mass is 16.6. The van der Waals surface area contributed by atoms with Gasteiger partial charge in [-0.2, -0.15) is 0 Å². The molecule has 142 valence electrons. The summed E-state index contributed by atoms with van der Waals surface area (Å²) in [5.41, 5.74) is 0.662. The number of carbonyl (C=O) groups is 3. The third-order valence-electron chi connectivity index (χ3n) is 5.47. The van der Waals surface area contributed by atoms with Gasteiger partial charge in [0.15, 0.2) is 0 Å². The maximum absolute atomic E-state index is 12.1. The maximum Gasteiger partial charge on any atom is 0.408 e. The van der Waals surface area contributed by atoms with Gasteiger partial charge < -0.3 is 14.8 Å². The topological polar surface area (TPSA) is 81.7 Å². The summed E-state index contributed by atoms with van der Waals surface area (Å²) in [5, 5.41) is 2.60. The fourth-order valence-electron chi connectivity index (χ4n) is 3.65. The van der Waals surface area contributed by atoms with Gasteiger partial charge in [-0.25, -0.2) is 9.59 Å². The lowest BCUT2D eigenvalue weighted by Crippen LogP contribution is -2.52. The number of carbonyl (C=O) groups excluding carboxylic acids is 3. The number of nitrogens with one attached hydrogen (secondary N) is 1. The quantitative estimate of drug-likeness (QED) is 0.755. The first-order valence-electron chi connectivity index (χ1n) is 8.81. The van der Waals surface area contributed by atoms with Crippen molar-refractivity contribution in [2.24, 2.45) is 17.3 Å². The number of amides is 1. The SMILES string of the molecule is COC(=O)[C@H](C[C@H]1C[C@@H](C(C)=O)C1(C)C)NC(=O)OCc1ccccc1. The van der Waals surface area contributed by atoms with Crippen molar-refractivity contribution in [3.63, 3.8) is 0 Å². The standard InChI is InChI=1S/C20H27NO5/c1-13(22)16-10-15(20(16,2)3)11-17(18(23)25-4)21-19(24)26-12-14-8-6-5-7-9-14/h5-9,15-17H,10-12H2,1-4H3,(H,21,24)/t15-,16+,17+/m1/s1. The Morgan fingerprint density at radius 1 is 1.23 bits per heavy atom. The van der Waals surface area contributed by atoms with Crippen LogP contribution in [0.4, 0.5) is 4.79 Å². The second-order valence-electron chi connectivity index (χ2n) is 7.43. The van der Waals surface area contributed by atoms with Crippen LogP contribution in [-0.2, 0) is 25.7 Å². The smallest absolute Gasteiger partial charge is 0.408 e. The predicted octanol–water partition coefficient (Wildman–Crippen LogP) is 3.10. The first kappa shape index (κ1) is 19.9. The number of ketones is 1. The van der Waals surface area contributed by atoms with Crippen molar-refractivity contribution in [2.45, 2.75) is 46.3 Å². The summed E-state index contributed by atoms with van der Waals surface area (Å²) < 4.78 is 10.00. The van der Waals surface area contributed by atoms with Gasteiger partial charge in [0, 0.05) is 5.92 Å². The highest BCUT2D eigenvalue weighted by molar-refractivity contribution is 5.82. The second kappa shape index (κ2) is 8.34. The molecule has 1 N–H and O–H groups in total. The minimum atomic E-state index is -0.791. The zero-order valence-electron chi connectivity index (χ0n) is 15.8. The molecule has 3 atom stereocenters. The molecular weight excluding hydrogens is 334 g/mol. The van der Waals surface area contributed by atoms with Crippen LogP contribution >= 0.6 is 0 Å². The summed E-state index contributed by atoms with van der Waals surface area (Å²) in [6, 6.07) is 8.51. The van der Waals surface area contributed by atoms with Crippen molar-refractivity contribution in [2.75, 3.05) is 7.11 Å². The lowest BCUT2D eigenvalue weighted by molar-refractivity contribution is -0.146. The van der Waals surface area contributed by atoms with Crippen LogP contribution < -0.4 is 5.32 Å². The molecule has 2 rings (SSSR count). The van der Waals surface area contributed by atoms with E-state index >= 15 is 0 Å². The van der Waals surface area contributed by atoms with Crippen molar-refractivity contribution < 1.29 is 23.9 Å². The minimum absolute atomic E-state index is 0.00386. The number of rotatable bonds is 7. The third-order valence-corrected chi connectivity index (χ3v) is 5.47. The van der Waals surface area contributed by atoms with E-state index in [1.807, 2.05) is 44.2 Å². The van der Waals surface area contributed by atoms with Crippen LogP contribution in [0.2, 0.25) is 0 Å². The minimum Gasteiger partial charge on any atom is -0.467 e. The molecule has 0 aromatic heterocycles. The molecule has 1 aromatic carbocycles. The van der Waals surface area contributed by atoms with Crippen molar-refractivity contribution in [3.05, 3.63) is 35.9 Å². The van der Waals surface area contributed by atoms with E-state index in [4.69, 9.17) is 9.47 Å². The first-order chi connectivity index (χ1) is 12.3. The van der Waals surface area contributed by atoms with Gasteiger partial charge in [-0.15, -0.1) is 0 Å². The number of esters is 1. The summed E-state index contributed by atoms with van der Waals surface area (Å²) >= 11 is 0. The normalized spacial score (nSPS) is 21.8. The van der Waals surface area contributed by atoms with Crippen LogP contribution in [0.5, 0.6) is 0 Å². The van der Waals surface area contributed by atoms with E-state index in [2.05, 4.69) is 5.32 Å². The molecule has 1 aliphatic carbocycles. The van der Waals surface area contributed by atoms with E-state index in [1.54, 1.807) is 6.92 Å². The Hall–Kier alpha value is -2.37. The molecule has 0 unspecified atom stereocenters. The molecule has 0 heterocycles. The van der Waals surface area contributed by atoms with Gasteiger partial charge >= 0.3 is 12.1 Å². The Morgan fingerprint density at radius 3 is 2.42 bits per heavy atom. The van der Waals surface area contributed by atoms with E-state index in [0.717, 1.165) is 12.0 Å². The highest BCUT2D eigenvalue weighted by Crippen LogP contribution is 2.53. The zero-order valence-corrected chi connectivity index (χ0v) is 15.8. The van der Waals surface area contributed by atoms with Crippen molar-refractivity contribution in [1.29, 1.82) is 0 Å². The molecule has 0 aliphatic heterocycles. The molecule has 1 amide bonds. The Kier molecular flexibility index (Phi) is 6.40. The van der Waals surface area contributed by atoms with Gasteiger partial charge in [0.2, 0.25) is 0 Å². The number of hydrogen-bond acceptors (Lipinski definition) is 5. The lowest BCUT2D eigenvalue weighted by Gasteiger charge is -2.52. The van der Waals surface area contributed by atoms with Crippen LogP contribution in [0.1, 0.15) is 39.2 Å². The number of Topliss-reactive ketones (excluding diaryl/α,β-unsaturated/α-hetero) is 1.